The number of hydrogen-bond donors (Lipinski definition) is 1. The van der Waals surface area contributed by atoms with Gasteiger partial charge in [-0.05, 0) is 32.1 Å². The van der Waals surface area contributed by atoms with Crippen molar-refractivity contribution in [1.82, 2.24) is 9.29 Å². The first-order chi connectivity index (χ1) is 8.73. The lowest BCUT2D eigenvalue weighted by molar-refractivity contribution is 0.157. The topological polar surface area (TPSA) is 70.2 Å². The lowest BCUT2D eigenvalue weighted by atomic mass is 9.88. The van der Waals surface area contributed by atoms with Crippen molar-refractivity contribution in [2.24, 2.45) is 11.8 Å². The van der Waals surface area contributed by atoms with E-state index in [0.29, 0.717) is 24.1 Å². The Morgan fingerprint density at radius 2 is 1.95 bits per heavy atom. The van der Waals surface area contributed by atoms with E-state index in [1.54, 1.807) is 11.2 Å². The van der Waals surface area contributed by atoms with Gasteiger partial charge in [0.2, 0.25) is 0 Å². The van der Waals surface area contributed by atoms with Gasteiger partial charge in [-0.1, -0.05) is 25.2 Å². The van der Waals surface area contributed by atoms with Crippen LogP contribution < -0.4 is 4.87 Å². The molecule has 1 aromatic heterocycles. The van der Waals surface area contributed by atoms with Gasteiger partial charge >= 0.3 is 4.87 Å². The molecule has 0 spiro atoms. The van der Waals surface area contributed by atoms with Crippen molar-refractivity contribution >= 4 is 21.4 Å². The summed E-state index contributed by atoms with van der Waals surface area (Å²) in [6, 6.07) is -0.0298. The summed E-state index contributed by atoms with van der Waals surface area (Å²) >= 11 is 0.779. The highest BCUT2D eigenvalue weighted by Gasteiger charge is 2.38. The molecule has 19 heavy (non-hydrogen) atoms. The molecular weight excluding hydrogens is 284 g/mol. The summed E-state index contributed by atoms with van der Waals surface area (Å²) in [5, 5.41) is 0. The fraction of sp³-hybridized carbons (Fsp3) is 0.750. The summed E-state index contributed by atoms with van der Waals surface area (Å²) in [6.07, 6.45) is 1.04. The quantitative estimate of drug-likeness (QED) is 0.905. The molecule has 0 aliphatic carbocycles. The predicted molar refractivity (Wildman–Crippen MR) is 76.0 cm³/mol. The van der Waals surface area contributed by atoms with Crippen molar-refractivity contribution < 1.29 is 8.42 Å². The number of piperidine rings is 1. The molecule has 3 atom stereocenters. The average Bonchev–Trinajstić information content (AvgIpc) is 2.63. The van der Waals surface area contributed by atoms with E-state index < -0.39 is 10.0 Å². The number of H-pyrrole nitrogens is 1. The first-order valence-electron chi connectivity index (χ1n) is 6.45. The Hall–Kier alpha value is -0.660. The molecule has 0 saturated carbocycles. The number of sulfonamides is 1. The molecule has 3 unspecified atom stereocenters. The van der Waals surface area contributed by atoms with Gasteiger partial charge in [-0.3, -0.25) is 4.79 Å². The number of hydrogen-bond acceptors (Lipinski definition) is 4. The largest absolute Gasteiger partial charge is 0.315 e. The maximum Gasteiger partial charge on any atom is 0.305 e. The third kappa shape index (κ3) is 2.64. The molecule has 0 bridgehead atoms. The fourth-order valence-corrected chi connectivity index (χ4v) is 5.98. The number of nitrogens with zero attached hydrogens (tertiary/aromatic N) is 1. The Morgan fingerprint density at radius 3 is 2.47 bits per heavy atom. The van der Waals surface area contributed by atoms with E-state index in [9.17, 15) is 13.2 Å². The highest BCUT2D eigenvalue weighted by molar-refractivity contribution is 7.91. The molecule has 5 nitrogen and oxygen atoms in total. The van der Waals surface area contributed by atoms with E-state index in [1.807, 2.05) is 6.92 Å². The monoisotopic (exact) mass is 304 g/mol. The van der Waals surface area contributed by atoms with Crippen molar-refractivity contribution in [3.05, 3.63) is 15.4 Å². The van der Waals surface area contributed by atoms with Crippen LogP contribution in [0.4, 0.5) is 0 Å². The van der Waals surface area contributed by atoms with Crippen molar-refractivity contribution in [3.63, 3.8) is 0 Å². The second-order valence-electron chi connectivity index (χ2n) is 5.56. The summed E-state index contributed by atoms with van der Waals surface area (Å²) in [7, 11) is -3.57. The van der Waals surface area contributed by atoms with Crippen LogP contribution in [0.5, 0.6) is 0 Å². The van der Waals surface area contributed by atoms with Gasteiger partial charge in [-0.15, -0.1) is 0 Å². The average molecular weight is 304 g/mol. The highest BCUT2D eigenvalue weighted by atomic mass is 32.2. The number of thiazole rings is 1. The normalized spacial score (nSPS) is 29.6. The van der Waals surface area contributed by atoms with Crippen LogP contribution in [0, 0.1) is 18.8 Å². The fourth-order valence-electron chi connectivity index (χ4n) is 2.72. The summed E-state index contributed by atoms with van der Waals surface area (Å²) in [6.45, 7) is 8.25. The maximum atomic E-state index is 12.7. The molecule has 0 radical (unpaired) electrons. The van der Waals surface area contributed by atoms with E-state index in [4.69, 9.17) is 0 Å². The molecule has 1 aliphatic rings. The zero-order chi connectivity index (χ0) is 14.4. The van der Waals surface area contributed by atoms with Gasteiger partial charge in [0.15, 0.2) is 4.21 Å². The first-order valence-corrected chi connectivity index (χ1v) is 8.70. The van der Waals surface area contributed by atoms with E-state index in [1.165, 1.54) is 0 Å². The zero-order valence-electron chi connectivity index (χ0n) is 11.6. The number of nitrogens with one attached hydrogen (secondary N) is 1. The zero-order valence-corrected chi connectivity index (χ0v) is 13.3. The summed E-state index contributed by atoms with van der Waals surface area (Å²) in [5.74, 6) is 0.673. The van der Waals surface area contributed by atoms with Gasteiger partial charge in [0.25, 0.3) is 10.0 Å². The molecule has 1 aromatic rings. The van der Waals surface area contributed by atoms with Gasteiger partial charge < -0.3 is 4.98 Å². The summed E-state index contributed by atoms with van der Waals surface area (Å²) < 4.78 is 27.1. The van der Waals surface area contributed by atoms with Crippen LogP contribution in [0.2, 0.25) is 0 Å². The summed E-state index contributed by atoms with van der Waals surface area (Å²) in [5.41, 5.74) is 0.438. The van der Waals surface area contributed by atoms with Crippen molar-refractivity contribution in [3.8, 4) is 0 Å². The van der Waals surface area contributed by atoms with Crippen LogP contribution in [-0.2, 0) is 10.0 Å². The predicted octanol–water partition coefficient (Wildman–Crippen LogP) is 1.80. The molecule has 0 aromatic carbocycles. The number of aromatic amines is 1. The van der Waals surface area contributed by atoms with Gasteiger partial charge in [0, 0.05) is 18.3 Å². The SMILES string of the molecule is Cc1[nH]c(=O)sc1S(=O)(=O)N1CC(C)CC(C)C1C. The van der Waals surface area contributed by atoms with Gasteiger partial charge in [-0.25, -0.2) is 8.42 Å². The molecule has 2 heterocycles. The van der Waals surface area contributed by atoms with Crippen molar-refractivity contribution in [1.29, 1.82) is 0 Å². The van der Waals surface area contributed by atoms with Crippen LogP contribution in [-0.4, -0.2) is 30.3 Å². The van der Waals surface area contributed by atoms with Gasteiger partial charge in [-0.2, -0.15) is 4.31 Å². The molecule has 1 aliphatic heterocycles. The van der Waals surface area contributed by atoms with Crippen molar-refractivity contribution in [2.75, 3.05) is 6.54 Å². The minimum Gasteiger partial charge on any atom is -0.315 e. The third-order valence-corrected chi connectivity index (χ3v) is 7.40. The number of aromatic nitrogens is 1. The van der Waals surface area contributed by atoms with Gasteiger partial charge in [0.1, 0.15) is 0 Å². The maximum absolute atomic E-state index is 12.7. The second-order valence-corrected chi connectivity index (χ2v) is 8.63. The van der Waals surface area contributed by atoms with E-state index >= 15 is 0 Å². The van der Waals surface area contributed by atoms with E-state index in [0.717, 1.165) is 17.8 Å². The first kappa shape index (κ1) is 14.7. The molecule has 7 heteroatoms. The number of rotatable bonds is 2. The molecule has 1 N–H and O–H groups in total. The Balaban J connectivity index is 2.44. The molecule has 0 amide bonds. The molecule has 2 rings (SSSR count). The smallest absolute Gasteiger partial charge is 0.305 e. The Bertz CT molecular complexity index is 617. The van der Waals surface area contributed by atoms with Gasteiger partial charge in [0.05, 0.1) is 0 Å². The minimum atomic E-state index is -3.57. The lowest BCUT2D eigenvalue weighted by Crippen LogP contribution is -2.48. The van der Waals surface area contributed by atoms with Crippen LogP contribution in [0.3, 0.4) is 0 Å². The molecule has 108 valence electrons. The van der Waals surface area contributed by atoms with Crippen LogP contribution in [0.15, 0.2) is 9.00 Å². The lowest BCUT2D eigenvalue weighted by Gasteiger charge is -2.39. The van der Waals surface area contributed by atoms with E-state index in [-0.39, 0.29) is 15.1 Å². The Kier molecular flexibility index (Phi) is 3.90. The van der Waals surface area contributed by atoms with Crippen LogP contribution >= 0.6 is 11.3 Å². The molecule has 1 fully saturated rings. The van der Waals surface area contributed by atoms with E-state index in [2.05, 4.69) is 18.8 Å². The minimum absolute atomic E-state index is 0.0298. The molecular formula is C12H20N2O3S2. The second kappa shape index (κ2) is 5.03. The van der Waals surface area contributed by atoms with Crippen molar-refractivity contribution in [2.45, 2.75) is 44.4 Å². The highest BCUT2D eigenvalue weighted by Crippen LogP contribution is 2.32. The standard InChI is InChI=1S/C12H20N2O3S2/c1-7-5-8(2)10(4)14(6-7)19(16,17)11-9(3)13-12(15)18-11/h7-8,10H,5-6H2,1-4H3,(H,13,15). The Morgan fingerprint density at radius 1 is 1.32 bits per heavy atom. The number of aryl methyl sites for hydroxylation is 1. The third-order valence-electron chi connectivity index (χ3n) is 3.87. The summed E-state index contributed by atoms with van der Waals surface area (Å²) in [4.78, 5) is 13.6. The van der Waals surface area contributed by atoms with Crippen LogP contribution in [0.1, 0.15) is 32.9 Å². The Labute approximate surface area is 117 Å². The molecule has 1 saturated heterocycles. The van der Waals surface area contributed by atoms with Crippen LogP contribution in [0.25, 0.3) is 0 Å².